The predicted octanol–water partition coefficient (Wildman–Crippen LogP) is 4.97. The molecule has 2 aromatic carbocycles. The summed E-state index contributed by atoms with van der Waals surface area (Å²) in [6.07, 6.45) is 5.45. The quantitative estimate of drug-likeness (QED) is 0.791. The van der Waals surface area contributed by atoms with Crippen molar-refractivity contribution < 1.29 is 9.13 Å². The lowest BCUT2D eigenvalue weighted by molar-refractivity contribution is 0.391. The van der Waals surface area contributed by atoms with Crippen LogP contribution in [0.4, 0.5) is 10.1 Å². The van der Waals surface area contributed by atoms with Crippen LogP contribution in [0.3, 0.4) is 0 Å². The number of allylic oxidation sites excluding steroid dienone is 2. The number of aryl methyl sites for hydroxylation is 1. The molecule has 0 spiro atoms. The van der Waals surface area contributed by atoms with E-state index in [1.165, 1.54) is 17.2 Å². The molecule has 1 aliphatic heterocycles. The van der Waals surface area contributed by atoms with Crippen LogP contribution >= 0.6 is 0 Å². The Morgan fingerprint density at radius 1 is 1.17 bits per heavy atom. The van der Waals surface area contributed by atoms with Gasteiger partial charge in [0.25, 0.3) is 0 Å². The van der Waals surface area contributed by atoms with E-state index in [-0.39, 0.29) is 11.9 Å². The molecule has 1 heterocycles. The van der Waals surface area contributed by atoms with Crippen molar-refractivity contribution in [2.24, 2.45) is 5.92 Å². The van der Waals surface area contributed by atoms with E-state index in [0.717, 1.165) is 23.4 Å². The van der Waals surface area contributed by atoms with E-state index >= 15 is 0 Å². The van der Waals surface area contributed by atoms with E-state index in [9.17, 15) is 4.39 Å². The monoisotopic (exact) mass is 309 g/mol. The molecular formula is C20H20FNO. The minimum absolute atomic E-state index is 0.0422. The number of hydrogen-bond acceptors (Lipinski definition) is 2. The molecule has 0 saturated heterocycles. The van der Waals surface area contributed by atoms with Crippen LogP contribution in [-0.4, -0.2) is 7.11 Å². The fourth-order valence-electron chi connectivity index (χ4n) is 4.08. The van der Waals surface area contributed by atoms with Crippen molar-refractivity contribution >= 4 is 5.69 Å². The van der Waals surface area contributed by atoms with Crippen molar-refractivity contribution in [3.8, 4) is 5.75 Å². The maximum atomic E-state index is 14.4. The summed E-state index contributed by atoms with van der Waals surface area (Å²) in [7, 11) is 1.68. The zero-order valence-corrected chi connectivity index (χ0v) is 13.3. The van der Waals surface area contributed by atoms with Crippen LogP contribution in [0.5, 0.6) is 5.75 Å². The standard InChI is InChI=1S/C20H20FNO/c1-12-10-11-17(23-2)20-18(12)13-7-5-8-14(13)19(22-20)15-6-3-4-9-16(15)21/h3-7,9-11,13-14,19,22H,8H2,1-2H3/t13-,14-,19+/m1/s1. The Morgan fingerprint density at radius 2 is 2.00 bits per heavy atom. The van der Waals surface area contributed by atoms with Crippen molar-refractivity contribution in [2.75, 3.05) is 12.4 Å². The summed E-state index contributed by atoms with van der Waals surface area (Å²) in [4.78, 5) is 0. The normalized spacial score (nSPS) is 24.7. The fraction of sp³-hybridized carbons (Fsp3) is 0.300. The lowest BCUT2D eigenvalue weighted by Crippen LogP contribution is -2.30. The Morgan fingerprint density at radius 3 is 2.78 bits per heavy atom. The van der Waals surface area contributed by atoms with Crippen LogP contribution in [0.1, 0.15) is 35.1 Å². The lowest BCUT2D eigenvalue weighted by atomic mass is 9.75. The minimum atomic E-state index is -0.147. The SMILES string of the molecule is COc1ccc(C)c2c1N[C@H](c1ccccc1F)[C@@H]1CC=C[C@@H]21. The van der Waals surface area contributed by atoms with Crippen molar-refractivity contribution in [1.82, 2.24) is 0 Å². The van der Waals surface area contributed by atoms with E-state index in [0.29, 0.717) is 11.8 Å². The van der Waals surface area contributed by atoms with Gasteiger partial charge in [-0.25, -0.2) is 4.39 Å². The Bertz CT molecular complexity index is 783. The van der Waals surface area contributed by atoms with Gasteiger partial charge in [-0.1, -0.05) is 36.4 Å². The summed E-state index contributed by atoms with van der Waals surface area (Å²) in [5.41, 5.74) is 4.28. The first-order valence-corrected chi connectivity index (χ1v) is 8.06. The van der Waals surface area contributed by atoms with Gasteiger partial charge in [0.2, 0.25) is 0 Å². The molecule has 0 amide bonds. The van der Waals surface area contributed by atoms with Crippen LogP contribution in [-0.2, 0) is 0 Å². The Balaban J connectivity index is 1.88. The number of fused-ring (bicyclic) bond motifs is 3. The molecule has 2 aromatic rings. The van der Waals surface area contributed by atoms with Gasteiger partial charge in [-0.2, -0.15) is 0 Å². The van der Waals surface area contributed by atoms with E-state index in [4.69, 9.17) is 4.74 Å². The van der Waals surface area contributed by atoms with Crippen molar-refractivity contribution in [1.29, 1.82) is 0 Å². The van der Waals surface area contributed by atoms with Gasteiger partial charge >= 0.3 is 0 Å². The van der Waals surface area contributed by atoms with E-state index in [1.807, 2.05) is 18.2 Å². The largest absolute Gasteiger partial charge is 0.495 e. The first-order valence-electron chi connectivity index (χ1n) is 8.06. The molecule has 0 bridgehead atoms. The minimum Gasteiger partial charge on any atom is -0.495 e. The number of anilines is 1. The number of methoxy groups -OCH3 is 1. The Hall–Kier alpha value is -2.29. The van der Waals surface area contributed by atoms with Crippen LogP contribution in [0.25, 0.3) is 0 Å². The van der Waals surface area contributed by atoms with Gasteiger partial charge in [0.05, 0.1) is 18.8 Å². The molecule has 0 radical (unpaired) electrons. The third-order valence-electron chi connectivity index (χ3n) is 5.16. The average molecular weight is 309 g/mol. The van der Waals surface area contributed by atoms with E-state index in [1.54, 1.807) is 13.2 Å². The number of benzene rings is 2. The number of rotatable bonds is 2. The molecule has 3 atom stereocenters. The number of ether oxygens (including phenoxy) is 1. The summed E-state index contributed by atoms with van der Waals surface area (Å²) >= 11 is 0. The summed E-state index contributed by atoms with van der Waals surface area (Å²) < 4.78 is 19.9. The second kappa shape index (κ2) is 5.41. The van der Waals surface area contributed by atoms with Gasteiger partial charge in [0, 0.05) is 11.5 Å². The molecule has 0 aromatic heterocycles. The zero-order valence-electron chi connectivity index (χ0n) is 13.3. The Kier molecular flexibility index (Phi) is 3.37. The average Bonchev–Trinajstić information content (AvgIpc) is 3.04. The van der Waals surface area contributed by atoms with Crippen LogP contribution in [0, 0.1) is 18.7 Å². The highest BCUT2D eigenvalue weighted by Gasteiger charge is 2.40. The molecule has 2 aliphatic rings. The number of nitrogens with one attached hydrogen (secondary N) is 1. The third kappa shape index (κ3) is 2.14. The van der Waals surface area contributed by atoms with Gasteiger partial charge in [0.1, 0.15) is 11.6 Å². The molecule has 0 saturated carbocycles. The highest BCUT2D eigenvalue weighted by Crippen LogP contribution is 2.53. The van der Waals surface area contributed by atoms with Gasteiger partial charge in [0.15, 0.2) is 0 Å². The van der Waals surface area contributed by atoms with E-state index in [2.05, 4.69) is 30.5 Å². The second-order valence-corrected chi connectivity index (χ2v) is 6.37. The first kappa shape index (κ1) is 14.3. The molecule has 3 heteroatoms. The first-order chi connectivity index (χ1) is 11.2. The predicted molar refractivity (Wildman–Crippen MR) is 90.5 cm³/mol. The van der Waals surface area contributed by atoms with Crippen molar-refractivity contribution in [3.05, 3.63) is 71.1 Å². The zero-order chi connectivity index (χ0) is 16.0. The number of hydrogen-bond donors (Lipinski definition) is 1. The summed E-state index contributed by atoms with van der Waals surface area (Å²) in [5, 5.41) is 3.58. The van der Waals surface area contributed by atoms with Gasteiger partial charge in [-0.3, -0.25) is 0 Å². The molecule has 0 unspecified atom stereocenters. The number of halogens is 1. The molecular weight excluding hydrogens is 289 g/mol. The molecule has 0 fully saturated rings. The van der Waals surface area contributed by atoms with Crippen LogP contribution < -0.4 is 10.1 Å². The highest BCUT2D eigenvalue weighted by molar-refractivity contribution is 5.69. The van der Waals surface area contributed by atoms with Crippen LogP contribution in [0.15, 0.2) is 48.6 Å². The van der Waals surface area contributed by atoms with Gasteiger partial charge in [-0.15, -0.1) is 0 Å². The summed E-state index contributed by atoms with van der Waals surface area (Å²) in [6.45, 7) is 2.13. The maximum Gasteiger partial charge on any atom is 0.142 e. The van der Waals surface area contributed by atoms with Gasteiger partial charge in [-0.05, 0) is 42.5 Å². The van der Waals surface area contributed by atoms with Crippen LogP contribution in [0.2, 0.25) is 0 Å². The van der Waals surface area contributed by atoms with Gasteiger partial charge < -0.3 is 10.1 Å². The third-order valence-corrected chi connectivity index (χ3v) is 5.16. The fourth-order valence-corrected chi connectivity index (χ4v) is 4.08. The van der Waals surface area contributed by atoms with Crippen molar-refractivity contribution in [3.63, 3.8) is 0 Å². The maximum absolute atomic E-state index is 14.4. The van der Waals surface area contributed by atoms with Crippen molar-refractivity contribution in [2.45, 2.75) is 25.3 Å². The molecule has 1 aliphatic carbocycles. The molecule has 1 N–H and O–H groups in total. The molecule has 118 valence electrons. The topological polar surface area (TPSA) is 21.3 Å². The molecule has 2 nitrogen and oxygen atoms in total. The summed E-state index contributed by atoms with van der Waals surface area (Å²) in [6, 6.07) is 11.1. The highest BCUT2D eigenvalue weighted by atomic mass is 19.1. The Labute approximate surface area is 136 Å². The molecule has 4 rings (SSSR count). The lowest BCUT2D eigenvalue weighted by Gasteiger charge is -2.39. The van der Waals surface area contributed by atoms with E-state index < -0.39 is 0 Å². The summed E-state index contributed by atoms with van der Waals surface area (Å²) in [5.74, 6) is 1.33. The second-order valence-electron chi connectivity index (χ2n) is 6.37. The molecule has 23 heavy (non-hydrogen) atoms. The smallest absolute Gasteiger partial charge is 0.142 e.